The van der Waals surface area contributed by atoms with Crippen molar-refractivity contribution >= 4 is 27.5 Å². The van der Waals surface area contributed by atoms with Crippen molar-refractivity contribution in [2.24, 2.45) is 0 Å². The van der Waals surface area contributed by atoms with E-state index < -0.39 is 28.5 Å². The summed E-state index contributed by atoms with van der Waals surface area (Å²) in [6.07, 6.45) is 0.265. The molecular formula is C34H37N3O5S. The number of nitrogens with one attached hydrogen (secondary N) is 1. The number of nitrogens with zero attached hydrogens (tertiary/aromatic N) is 2. The van der Waals surface area contributed by atoms with Crippen LogP contribution in [-0.4, -0.2) is 51.4 Å². The van der Waals surface area contributed by atoms with Gasteiger partial charge in [-0.25, -0.2) is 8.42 Å². The molecule has 43 heavy (non-hydrogen) atoms. The number of para-hydroxylation sites is 1. The highest BCUT2D eigenvalue weighted by atomic mass is 32.2. The summed E-state index contributed by atoms with van der Waals surface area (Å²) in [6.45, 7) is 3.78. The van der Waals surface area contributed by atoms with E-state index in [1.54, 1.807) is 42.5 Å². The molecular weight excluding hydrogens is 562 g/mol. The smallest absolute Gasteiger partial charge is 0.264 e. The van der Waals surface area contributed by atoms with Crippen molar-refractivity contribution in [3.63, 3.8) is 0 Å². The van der Waals surface area contributed by atoms with E-state index in [1.165, 1.54) is 24.1 Å². The van der Waals surface area contributed by atoms with Crippen molar-refractivity contribution in [3.8, 4) is 5.75 Å². The lowest BCUT2D eigenvalue weighted by Gasteiger charge is -2.34. The lowest BCUT2D eigenvalue weighted by Crippen LogP contribution is -2.53. The number of rotatable bonds is 13. The maximum absolute atomic E-state index is 14.4. The molecule has 0 aliphatic rings. The van der Waals surface area contributed by atoms with Gasteiger partial charge in [-0.2, -0.15) is 0 Å². The Hall–Kier alpha value is -4.63. The molecule has 224 valence electrons. The number of carbonyl (C=O) groups excluding carboxylic acids is 2. The van der Waals surface area contributed by atoms with Crippen LogP contribution in [0.3, 0.4) is 0 Å². The minimum Gasteiger partial charge on any atom is -0.497 e. The summed E-state index contributed by atoms with van der Waals surface area (Å²) in [5, 5.41) is 2.88. The van der Waals surface area contributed by atoms with Gasteiger partial charge in [0.25, 0.3) is 10.0 Å². The molecule has 2 amide bonds. The molecule has 0 fully saturated rings. The standard InChI is InChI=1S/C34H37N3O5S/c1-4-35-34(39)32(23-27-14-7-5-8-15-27)36(24-28-16-12-11-13-26(28)2)33(38)25-37(29-17-9-6-10-18-29)43(40,41)31-21-19-30(42-3)20-22-31/h5-22,32H,4,23-25H2,1-3H3,(H,35,39)/t32-/m1/s1. The molecule has 0 radical (unpaired) electrons. The fourth-order valence-corrected chi connectivity index (χ4v) is 6.23. The van der Waals surface area contributed by atoms with Gasteiger partial charge in [-0.1, -0.05) is 72.8 Å². The molecule has 9 heteroatoms. The Morgan fingerprint density at radius 2 is 1.44 bits per heavy atom. The molecule has 0 bridgehead atoms. The Morgan fingerprint density at radius 3 is 2.05 bits per heavy atom. The molecule has 8 nitrogen and oxygen atoms in total. The van der Waals surface area contributed by atoms with Crippen molar-refractivity contribution in [1.82, 2.24) is 10.2 Å². The van der Waals surface area contributed by atoms with Crippen LogP contribution < -0.4 is 14.4 Å². The Morgan fingerprint density at radius 1 is 0.837 bits per heavy atom. The van der Waals surface area contributed by atoms with Crippen LogP contribution in [-0.2, 0) is 32.6 Å². The number of hydrogen-bond acceptors (Lipinski definition) is 5. The van der Waals surface area contributed by atoms with E-state index in [4.69, 9.17) is 4.74 Å². The number of anilines is 1. The van der Waals surface area contributed by atoms with E-state index in [-0.39, 0.29) is 23.8 Å². The van der Waals surface area contributed by atoms with Gasteiger partial charge in [-0.15, -0.1) is 0 Å². The second-order valence-corrected chi connectivity index (χ2v) is 11.9. The van der Waals surface area contributed by atoms with Gasteiger partial charge in [-0.3, -0.25) is 13.9 Å². The average Bonchev–Trinajstić information content (AvgIpc) is 3.03. The van der Waals surface area contributed by atoms with Crippen LogP contribution in [0.2, 0.25) is 0 Å². The molecule has 4 aromatic rings. The Labute approximate surface area is 254 Å². The largest absolute Gasteiger partial charge is 0.497 e. The first-order valence-corrected chi connectivity index (χ1v) is 15.6. The molecule has 0 saturated heterocycles. The molecule has 0 spiro atoms. The number of benzene rings is 4. The number of likely N-dealkylation sites (N-methyl/N-ethyl adjacent to an activating group) is 1. The Bertz CT molecular complexity index is 1610. The van der Waals surface area contributed by atoms with Crippen molar-refractivity contribution in [3.05, 3.63) is 126 Å². The third-order valence-electron chi connectivity index (χ3n) is 7.19. The normalized spacial score (nSPS) is 11.8. The monoisotopic (exact) mass is 599 g/mol. The quantitative estimate of drug-likeness (QED) is 0.234. The third kappa shape index (κ3) is 7.81. The first kappa shape index (κ1) is 31.3. The van der Waals surface area contributed by atoms with Crippen LogP contribution in [0.1, 0.15) is 23.6 Å². The summed E-state index contributed by atoms with van der Waals surface area (Å²) in [5.74, 6) is -0.301. The van der Waals surface area contributed by atoms with Crippen LogP contribution in [0.4, 0.5) is 5.69 Å². The number of methoxy groups -OCH3 is 1. The highest BCUT2D eigenvalue weighted by molar-refractivity contribution is 7.92. The zero-order valence-corrected chi connectivity index (χ0v) is 25.5. The molecule has 0 unspecified atom stereocenters. The van der Waals surface area contributed by atoms with Gasteiger partial charge in [0.15, 0.2) is 0 Å². The van der Waals surface area contributed by atoms with E-state index in [0.29, 0.717) is 18.0 Å². The first-order chi connectivity index (χ1) is 20.7. The summed E-state index contributed by atoms with van der Waals surface area (Å²) in [6, 6.07) is 30.8. The van der Waals surface area contributed by atoms with Crippen LogP contribution in [0, 0.1) is 6.92 Å². The zero-order chi connectivity index (χ0) is 30.8. The second kappa shape index (κ2) is 14.5. The van der Waals surface area contributed by atoms with E-state index in [0.717, 1.165) is 21.0 Å². The maximum Gasteiger partial charge on any atom is 0.264 e. The number of carbonyl (C=O) groups is 2. The number of ether oxygens (including phenoxy) is 1. The lowest BCUT2D eigenvalue weighted by molar-refractivity contribution is -0.140. The minimum atomic E-state index is -4.17. The number of sulfonamides is 1. The number of hydrogen-bond donors (Lipinski definition) is 1. The fraction of sp³-hybridized carbons (Fsp3) is 0.235. The van der Waals surface area contributed by atoms with Crippen LogP contribution in [0.15, 0.2) is 114 Å². The van der Waals surface area contributed by atoms with Gasteiger partial charge < -0.3 is 15.0 Å². The predicted molar refractivity (Wildman–Crippen MR) is 168 cm³/mol. The average molecular weight is 600 g/mol. The van der Waals surface area contributed by atoms with Crippen LogP contribution >= 0.6 is 0 Å². The Balaban J connectivity index is 1.78. The molecule has 4 aromatic carbocycles. The van der Waals surface area contributed by atoms with Crippen LogP contribution in [0.5, 0.6) is 5.75 Å². The van der Waals surface area contributed by atoms with Crippen molar-refractivity contribution in [2.75, 3.05) is 24.5 Å². The van der Waals surface area contributed by atoms with E-state index in [2.05, 4.69) is 5.32 Å². The minimum absolute atomic E-state index is 0.0139. The van der Waals surface area contributed by atoms with E-state index in [1.807, 2.05) is 68.4 Å². The first-order valence-electron chi connectivity index (χ1n) is 14.1. The number of amides is 2. The topological polar surface area (TPSA) is 96.0 Å². The molecule has 1 N–H and O–H groups in total. The van der Waals surface area contributed by atoms with Crippen molar-refractivity contribution in [1.29, 1.82) is 0 Å². The summed E-state index contributed by atoms with van der Waals surface area (Å²) >= 11 is 0. The predicted octanol–water partition coefficient (Wildman–Crippen LogP) is 4.98. The molecule has 0 saturated carbocycles. The third-order valence-corrected chi connectivity index (χ3v) is 8.98. The summed E-state index contributed by atoms with van der Waals surface area (Å²) in [4.78, 5) is 29.4. The zero-order valence-electron chi connectivity index (χ0n) is 24.6. The van der Waals surface area contributed by atoms with Gasteiger partial charge in [0.05, 0.1) is 17.7 Å². The summed E-state index contributed by atoms with van der Waals surface area (Å²) in [5.41, 5.74) is 3.04. The molecule has 0 aromatic heterocycles. The van der Waals surface area contributed by atoms with Gasteiger partial charge >= 0.3 is 0 Å². The van der Waals surface area contributed by atoms with E-state index in [9.17, 15) is 18.0 Å². The molecule has 4 rings (SSSR count). The highest BCUT2D eigenvalue weighted by Crippen LogP contribution is 2.26. The van der Waals surface area contributed by atoms with Gasteiger partial charge in [-0.05, 0) is 66.9 Å². The lowest BCUT2D eigenvalue weighted by atomic mass is 10.0. The summed E-state index contributed by atoms with van der Waals surface area (Å²) < 4.78 is 34.4. The fourth-order valence-electron chi connectivity index (χ4n) is 4.81. The highest BCUT2D eigenvalue weighted by Gasteiger charge is 2.34. The van der Waals surface area contributed by atoms with Gasteiger partial charge in [0.1, 0.15) is 18.3 Å². The summed E-state index contributed by atoms with van der Waals surface area (Å²) in [7, 11) is -2.67. The molecule has 0 heterocycles. The number of aryl methyl sites for hydroxylation is 1. The van der Waals surface area contributed by atoms with Crippen molar-refractivity contribution in [2.45, 2.75) is 37.8 Å². The van der Waals surface area contributed by atoms with Crippen LogP contribution in [0.25, 0.3) is 0 Å². The van der Waals surface area contributed by atoms with Gasteiger partial charge in [0.2, 0.25) is 11.8 Å². The van der Waals surface area contributed by atoms with Gasteiger partial charge in [0, 0.05) is 19.5 Å². The Kier molecular flexibility index (Phi) is 10.6. The second-order valence-electron chi connectivity index (χ2n) is 10.1. The molecule has 0 aliphatic carbocycles. The SMILES string of the molecule is CCNC(=O)[C@@H](Cc1ccccc1)N(Cc1ccccc1C)C(=O)CN(c1ccccc1)S(=O)(=O)c1ccc(OC)cc1. The van der Waals surface area contributed by atoms with Crippen molar-refractivity contribution < 1.29 is 22.7 Å². The molecule has 0 aliphatic heterocycles. The molecule has 1 atom stereocenters. The maximum atomic E-state index is 14.4. The van der Waals surface area contributed by atoms with E-state index >= 15 is 0 Å².